The van der Waals surface area contributed by atoms with E-state index in [1.54, 1.807) is 31.2 Å². The van der Waals surface area contributed by atoms with E-state index in [1.807, 2.05) is 0 Å². The number of amides is 1. The van der Waals surface area contributed by atoms with Crippen molar-refractivity contribution < 1.29 is 27.2 Å². The van der Waals surface area contributed by atoms with E-state index < -0.39 is 18.1 Å². The number of nitrogens with one attached hydrogen (secondary N) is 1. The normalized spacial score (nSPS) is 20.3. The zero-order chi connectivity index (χ0) is 19.4. The van der Waals surface area contributed by atoms with Gasteiger partial charge < -0.3 is 14.6 Å². The van der Waals surface area contributed by atoms with Crippen LogP contribution in [0.25, 0.3) is 0 Å². The molecule has 0 aliphatic heterocycles. The third-order valence-electron chi connectivity index (χ3n) is 4.53. The molecule has 9 heteroatoms. The molecule has 1 amide bonds. The number of carbonyl (C=O) groups excluding carboxylic acids is 1. The fourth-order valence-electron chi connectivity index (χ4n) is 3.14. The minimum absolute atomic E-state index is 0.0689. The number of aromatic nitrogens is 2. The molecule has 1 heterocycles. The predicted octanol–water partition coefficient (Wildman–Crippen LogP) is 3.81. The van der Waals surface area contributed by atoms with E-state index in [-0.39, 0.29) is 25.4 Å². The van der Waals surface area contributed by atoms with Gasteiger partial charge in [0.15, 0.2) is 6.61 Å². The molecule has 2 aromatic rings. The fraction of sp³-hybridized carbons (Fsp3) is 0.500. The molecule has 1 aliphatic carbocycles. The molecule has 2 atom stereocenters. The maximum atomic E-state index is 12.9. The zero-order valence-electron chi connectivity index (χ0n) is 14.8. The van der Waals surface area contributed by atoms with Gasteiger partial charge in [0.1, 0.15) is 5.75 Å². The van der Waals surface area contributed by atoms with E-state index >= 15 is 0 Å². The molecule has 3 rings (SSSR count). The molecule has 0 bridgehead atoms. The fourth-order valence-corrected chi connectivity index (χ4v) is 3.14. The Labute approximate surface area is 154 Å². The second kappa shape index (κ2) is 7.98. The molecular weight excluding hydrogens is 363 g/mol. The molecular formula is C18H20F3N3O3. The van der Waals surface area contributed by atoms with Gasteiger partial charge in [0.25, 0.3) is 5.91 Å². The van der Waals surface area contributed by atoms with Gasteiger partial charge in [0.05, 0.1) is 5.92 Å². The molecule has 1 fully saturated rings. The number of rotatable bonds is 5. The first-order valence-corrected chi connectivity index (χ1v) is 8.71. The van der Waals surface area contributed by atoms with Crippen LogP contribution in [0.5, 0.6) is 5.75 Å². The van der Waals surface area contributed by atoms with E-state index in [9.17, 15) is 18.0 Å². The van der Waals surface area contributed by atoms with Crippen LogP contribution < -0.4 is 10.1 Å². The summed E-state index contributed by atoms with van der Waals surface area (Å²) in [5.74, 6) is -0.366. The number of halogens is 3. The molecule has 1 saturated carbocycles. The summed E-state index contributed by atoms with van der Waals surface area (Å²) in [6.07, 6.45) is -3.14. The molecule has 1 aromatic heterocycles. The Hall–Kier alpha value is -2.58. The summed E-state index contributed by atoms with van der Waals surface area (Å²) in [4.78, 5) is 16.3. The van der Waals surface area contributed by atoms with Gasteiger partial charge in [-0.15, -0.1) is 0 Å². The molecule has 0 radical (unpaired) electrons. The maximum absolute atomic E-state index is 12.9. The van der Waals surface area contributed by atoms with Gasteiger partial charge in [-0.25, -0.2) is 0 Å². The summed E-state index contributed by atoms with van der Waals surface area (Å²) in [6, 6.07) is 5.89. The summed E-state index contributed by atoms with van der Waals surface area (Å²) in [5, 5.41) is 6.41. The molecule has 146 valence electrons. The Kier molecular flexibility index (Phi) is 5.67. The summed E-state index contributed by atoms with van der Waals surface area (Å²) >= 11 is 0. The van der Waals surface area contributed by atoms with Crippen molar-refractivity contribution in [2.75, 3.05) is 0 Å². The predicted molar refractivity (Wildman–Crippen MR) is 89.1 cm³/mol. The quantitative estimate of drug-likeness (QED) is 0.850. The monoisotopic (exact) mass is 383 g/mol. The highest BCUT2D eigenvalue weighted by atomic mass is 19.4. The Bertz CT molecular complexity index is 774. The van der Waals surface area contributed by atoms with Gasteiger partial charge in [0, 0.05) is 18.5 Å². The first-order chi connectivity index (χ1) is 12.8. The number of ether oxygens (including phenoxy) is 1. The number of hydrogen-bond donors (Lipinski definition) is 1. The molecule has 1 aromatic carbocycles. The Morgan fingerprint density at radius 3 is 2.67 bits per heavy atom. The topological polar surface area (TPSA) is 77.2 Å². The molecule has 1 N–H and O–H groups in total. The van der Waals surface area contributed by atoms with Gasteiger partial charge >= 0.3 is 6.18 Å². The zero-order valence-corrected chi connectivity index (χ0v) is 14.8. The Morgan fingerprint density at radius 2 is 2.04 bits per heavy atom. The van der Waals surface area contributed by atoms with Gasteiger partial charge in [-0.3, -0.25) is 4.79 Å². The van der Waals surface area contributed by atoms with Gasteiger partial charge in [-0.05, 0) is 43.5 Å². The SMILES string of the molecule is Cc1nc(COc2ccc(C(=O)N[C@H]3CCC[C@@H](C(F)(F)F)C3)cc2)no1. The molecule has 0 unspecified atom stereocenters. The minimum Gasteiger partial charge on any atom is -0.485 e. The Morgan fingerprint density at radius 1 is 1.30 bits per heavy atom. The summed E-state index contributed by atoms with van der Waals surface area (Å²) in [7, 11) is 0. The highest BCUT2D eigenvalue weighted by Gasteiger charge is 2.42. The third kappa shape index (κ3) is 5.21. The molecule has 0 saturated heterocycles. The molecule has 1 aliphatic rings. The first kappa shape index (κ1) is 19.2. The summed E-state index contributed by atoms with van der Waals surface area (Å²) in [5.41, 5.74) is 0.367. The maximum Gasteiger partial charge on any atom is 0.391 e. The Balaban J connectivity index is 1.52. The van der Waals surface area contributed by atoms with E-state index in [4.69, 9.17) is 9.26 Å². The number of carbonyl (C=O) groups is 1. The van der Waals surface area contributed by atoms with Gasteiger partial charge in [-0.2, -0.15) is 18.2 Å². The van der Waals surface area contributed by atoms with E-state index in [0.29, 0.717) is 35.9 Å². The van der Waals surface area contributed by atoms with Crippen LogP contribution in [-0.2, 0) is 6.61 Å². The van der Waals surface area contributed by atoms with Gasteiger partial charge in [0.2, 0.25) is 11.7 Å². The number of alkyl halides is 3. The largest absolute Gasteiger partial charge is 0.485 e. The smallest absolute Gasteiger partial charge is 0.391 e. The lowest BCUT2D eigenvalue weighted by Gasteiger charge is -2.31. The van der Waals surface area contributed by atoms with Crippen LogP contribution in [-0.4, -0.2) is 28.3 Å². The van der Waals surface area contributed by atoms with Crippen LogP contribution in [0.15, 0.2) is 28.8 Å². The van der Waals surface area contributed by atoms with E-state index in [2.05, 4.69) is 15.5 Å². The second-order valence-electron chi connectivity index (χ2n) is 6.62. The first-order valence-electron chi connectivity index (χ1n) is 8.71. The summed E-state index contributed by atoms with van der Waals surface area (Å²) < 4.78 is 49.0. The van der Waals surface area contributed by atoms with Crippen LogP contribution in [0.3, 0.4) is 0 Å². The second-order valence-corrected chi connectivity index (χ2v) is 6.62. The molecule has 6 nitrogen and oxygen atoms in total. The minimum atomic E-state index is -4.21. The van der Waals surface area contributed by atoms with Crippen molar-refractivity contribution in [3.8, 4) is 5.75 Å². The molecule has 27 heavy (non-hydrogen) atoms. The van der Waals surface area contributed by atoms with Crippen molar-refractivity contribution in [2.24, 2.45) is 5.92 Å². The van der Waals surface area contributed by atoms with Crippen molar-refractivity contribution in [3.05, 3.63) is 41.5 Å². The van der Waals surface area contributed by atoms with Crippen molar-refractivity contribution in [3.63, 3.8) is 0 Å². The standard InChI is InChI=1S/C18H20F3N3O3/c1-11-22-16(24-27-11)10-26-15-7-5-12(6-8-15)17(25)23-14-4-2-3-13(9-14)18(19,20)21/h5-8,13-14H,2-4,9-10H2,1H3,(H,23,25)/t13-,14+/m1/s1. The highest BCUT2D eigenvalue weighted by Crippen LogP contribution is 2.37. The molecule has 0 spiro atoms. The number of aryl methyl sites for hydroxylation is 1. The van der Waals surface area contributed by atoms with Crippen LogP contribution >= 0.6 is 0 Å². The van der Waals surface area contributed by atoms with Crippen molar-refractivity contribution in [1.82, 2.24) is 15.5 Å². The highest BCUT2D eigenvalue weighted by molar-refractivity contribution is 5.94. The number of hydrogen-bond acceptors (Lipinski definition) is 5. The summed E-state index contributed by atoms with van der Waals surface area (Å²) in [6.45, 7) is 1.80. The van der Waals surface area contributed by atoms with Crippen LogP contribution in [0.1, 0.15) is 47.8 Å². The van der Waals surface area contributed by atoms with Crippen molar-refractivity contribution in [1.29, 1.82) is 0 Å². The average molecular weight is 383 g/mol. The lowest BCUT2D eigenvalue weighted by atomic mass is 9.85. The van der Waals surface area contributed by atoms with Crippen LogP contribution in [0, 0.1) is 12.8 Å². The van der Waals surface area contributed by atoms with Gasteiger partial charge in [-0.1, -0.05) is 11.6 Å². The number of nitrogens with zero attached hydrogens (tertiary/aromatic N) is 2. The van der Waals surface area contributed by atoms with Crippen LogP contribution in [0.2, 0.25) is 0 Å². The number of benzene rings is 1. The lowest BCUT2D eigenvalue weighted by molar-refractivity contribution is -0.183. The third-order valence-corrected chi connectivity index (χ3v) is 4.53. The van der Waals surface area contributed by atoms with Crippen molar-refractivity contribution >= 4 is 5.91 Å². The van der Waals surface area contributed by atoms with Crippen LogP contribution in [0.4, 0.5) is 13.2 Å². The van der Waals surface area contributed by atoms with E-state index in [0.717, 1.165) is 0 Å². The lowest BCUT2D eigenvalue weighted by Crippen LogP contribution is -2.41. The average Bonchev–Trinajstić information content (AvgIpc) is 3.05. The van der Waals surface area contributed by atoms with E-state index in [1.165, 1.54) is 0 Å². The van der Waals surface area contributed by atoms with Crippen molar-refractivity contribution in [2.45, 2.75) is 51.4 Å².